The molecule has 0 amide bonds. The van der Waals surface area contributed by atoms with Crippen molar-refractivity contribution in [2.45, 2.75) is 31.7 Å². The third-order valence-corrected chi connectivity index (χ3v) is 4.64. The summed E-state index contributed by atoms with van der Waals surface area (Å²) in [6, 6.07) is 9.60. The Morgan fingerprint density at radius 1 is 1.15 bits per heavy atom. The van der Waals surface area contributed by atoms with Crippen LogP contribution in [0.4, 0.5) is 0 Å². The zero-order chi connectivity index (χ0) is 18.8. The van der Waals surface area contributed by atoms with Crippen molar-refractivity contribution < 1.29 is 9.26 Å². The van der Waals surface area contributed by atoms with Crippen molar-refractivity contribution in [2.24, 2.45) is 0 Å². The van der Waals surface area contributed by atoms with Crippen LogP contribution in [0.1, 0.15) is 24.2 Å². The molecule has 0 aliphatic heterocycles. The van der Waals surface area contributed by atoms with Crippen LogP contribution < -0.4 is 4.74 Å². The van der Waals surface area contributed by atoms with Gasteiger partial charge in [-0.3, -0.25) is 0 Å². The summed E-state index contributed by atoms with van der Waals surface area (Å²) < 4.78 is 12.7. The van der Waals surface area contributed by atoms with Gasteiger partial charge in [-0.05, 0) is 39.0 Å². The second-order valence-electron chi connectivity index (χ2n) is 5.87. The van der Waals surface area contributed by atoms with E-state index in [9.17, 15) is 0 Å². The summed E-state index contributed by atoms with van der Waals surface area (Å²) in [5.74, 6) is 2.80. The first-order chi connectivity index (χ1) is 13.1. The monoisotopic (exact) mass is 382 g/mol. The highest BCUT2D eigenvalue weighted by atomic mass is 32.2. The average molecular weight is 382 g/mol. The number of nitrogens with zero attached hydrogens (tertiary/aromatic N) is 6. The van der Waals surface area contributed by atoms with Crippen LogP contribution in [0.2, 0.25) is 0 Å². The van der Waals surface area contributed by atoms with E-state index in [2.05, 4.69) is 25.2 Å². The number of aryl methyl sites for hydroxylation is 2. The van der Waals surface area contributed by atoms with Crippen molar-refractivity contribution in [3.8, 4) is 17.1 Å². The molecular weight excluding hydrogens is 364 g/mol. The molecule has 4 aromatic rings. The number of hydrogen-bond acceptors (Lipinski definition) is 8. The summed E-state index contributed by atoms with van der Waals surface area (Å²) in [7, 11) is 0. The molecule has 0 bridgehead atoms. The van der Waals surface area contributed by atoms with E-state index in [1.165, 1.54) is 11.8 Å². The van der Waals surface area contributed by atoms with E-state index in [4.69, 9.17) is 9.26 Å². The summed E-state index contributed by atoms with van der Waals surface area (Å²) in [6.45, 7) is 6.43. The Hall–Kier alpha value is -2.94. The fourth-order valence-electron chi connectivity index (χ4n) is 2.69. The van der Waals surface area contributed by atoms with Gasteiger partial charge in [-0.25, -0.2) is 9.50 Å². The lowest BCUT2D eigenvalue weighted by molar-refractivity contribution is 0.341. The molecule has 0 fully saturated rings. The second kappa shape index (κ2) is 7.36. The maximum Gasteiger partial charge on any atom is 0.253 e. The Balaban J connectivity index is 1.51. The van der Waals surface area contributed by atoms with Crippen molar-refractivity contribution in [3.05, 3.63) is 47.6 Å². The molecule has 3 aromatic heterocycles. The fraction of sp³-hybridized carbons (Fsp3) is 0.278. The van der Waals surface area contributed by atoms with Crippen LogP contribution in [0.5, 0.6) is 5.75 Å². The lowest BCUT2D eigenvalue weighted by Crippen LogP contribution is -1.97. The Morgan fingerprint density at radius 3 is 2.85 bits per heavy atom. The number of para-hydroxylation sites is 1. The van der Waals surface area contributed by atoms with Crippen LogP contribution in [0.3, 0.4) is 0 Å². The van der Waals surface area contributed by atoms with E-state index < -0.39 is 0 Å². The van der Waals surface area contributed by atoms with Crippen LogP contribution in [-0.2, 0) is 5.75 Å². The molecule has 0 radical (unpaired) electrons. The van der Waals surface area contributed by atoms with Gasteiger partial charge in [-0.2, -0.15) is 9.97 Å². The molecule has 4 rings (SSSR count). The summed E-state index contributed by atoms with van der Waals surface area (Å²) in [5.41, 5.74) is 2.71. The first-order valence-corrected chi connectivity index (χ1v) is 9.51. The first kappa shape index (κ1) is 17.5. The number of thioether (sulfide) groups is 1. The van der Waals surface area contributed by atoms with E-state index in [1.807, 2.05) is 51.1 Å². The second-order valence-corrected chi connectivity index (χ2v) is 6.82. The minimum atomic E-state index is 0.471. The van der Waals surface area contributed by atoms with E-state index in [-0.39, 0.29) is 0 Å². The van der Waals surface area contributed by atoms with Crippen LogP contribution >= 0.6 is 11.8 Å². The highest BCUT2D eigenvalue weighted by Gasteiger charge is 2.15. The zero-order valence-electron chi connectivity index (χ0n) is 15.2. The number of aromatic nitrogens is 6. The van der Waals surface area contributed by atoms with Gasteiger partial charge in [0, 0.05) is 11.4 Å². The van der Waals surface area contributed by atoms with Gasteiger partial charge in [0.25, 0.3) is 5.78 Å². The van der Waals surface area contributed by atoms with Crippen molar-refractivity contribution in [1.82, 2.24) is 29.7 Å². The van der Waals surface area contributed by atoms with Gasteiger partial charge in [0.1, 0.15) is 5.75 Å². The summed E-state index contributed by atoms with van der Waals surface area (Å²) in [6.07, 6.45) is 0. The molecule has 0 N–H and O–H groups in total. The predicted octanol–water partition coefficient (Wildman–Crippen LogP) is 3.48. The molecule has 0 atom stereocenters. The quantitative estimate of drug-likeness (QED) is 0.468. The van der Waals surface area contributed by atoms with Crippen molar-refractivity contribution >= 4 is 17.5 Å². The fourth-order valence-corrected chi connectivity index (χ4v) is 3.35. The highest BCUT2D eigenvalue weighted by molar-refractivity contribution is 7.98. The molecule has 0 unspecified atom stereocenters. The lowest BCUT2D eigenvalue weighted by Gasteiger charge is -2.05. The summed E-state index contributed by atoms with van der Waals surface area (Å²) in [5, 5.41) is 9.16. The van der Waals surface area contributed by atoms with E-state index >= 15 is 0 Å². The summed E-state index contributed by atoms with van der Waals surface area (Å²) in [4.78, 5) is 13.3. The van der Waals surface area contributed by atoms with Gasteiger partial charge in [0.15, 0.2) is 0 Å². The molecule has 0 saturated heterocycles. The topological polar surface area (TPSA) is 91.2 Å². The van der Waals surface area contributed by atoms with E-state index in [0.29, 0.717) is 35.0 Å². The number of fused-ring (bicyclic) bond motifs is 1. The van der Waals surface area contributed by atoms with Crippen LogP contribution in [0.15, 0.2) is 40.0 Å². The van der Waals surface area contributed by atoms with Crippen molar-refractivity contribution in [1.29, 1.82) is 0 Å². The molecule has 0 aliphatic rings. The largest absolute Gasteiger partial charge is 0.493 e. The molecule has 9 heteroatoms. The number of ether oxygens (including phenoxy) is 1. The van der Waals surface area contributed by atoms with Crippen LogP contribution in [-0.4, -0.2) is 36.3 Å². The Labute approximate surface area is 160 Å². The molecular formula is C18H18N6O2S. The number of rotatable bonds is 6. The molecule has 3 heterocycles. The molecule has 0 aliphatic carbocycles. The lowest BCUT2D eigenvalue weighted by atomic mass is 10.2. The summed E-state index contributed by atoms with van der Waals surface area (Å²) >= 11 is 1.43. The molecule has 138 valence electrons. The minimum absolute atomic E-state index is 0.471. The highest BCUT2D eigenvalue weighted by Crippen LogP contribution is 2.28. The van der Waals surface area contributed by atoms with Gasteiger partial charge >= 0.3 is 0 Å². The Kier molecular flexibility index (Phi) is 4.76. The SMILES string of the molecule is CCOc1ccccc1-c1noc(CSc2nc3nc(C)cc(C)n3n2)n1. The molecule has 27 heavy (non-hydrogen) atoms. The standard InChI is InChI=1S/C18H18N6O2S/c1-4-25-14-8-6-5-7-13(14)16-20-15(26-23-16)10-27-18-21-17-19-11(2)9-12(3)24(17)22-18/h5-9H,4,10H2,1-3H3. The normalized spacial score (nSPS) is 11.2. The molecule has 1 aromatic carbocycles. The smallest absolute Gasteiger partial charge is 0.253 e. The first-order valence-electron chi connectivity index (χ1n) is 8.52. The maximum atomic E-state index is 5.63. The van der Waals surface area contributed by atoms with Crippen molar-refractivity contribution in [2.75, 3.05) is 6.61 Å². The average Bonchev–Trinajstić information content (AvgIpc) is 3.27. The Morgan fingerprint density at radius 2 is 2.00 bits per heavy atom. The van der Waals surface area contributed by atoms with Gasteiger partial charge in [0.2, 0.25) is 16.9 Å². The molecule has 0 spiro atoms. The predicted molar refractivity (Wildman–Crippen MR) is 101 cm³/mol. The van der Waals surface area contributed by atoms with E-state index in [1.54, 1.807) is 4.52 Å². The van der Waals surface area contributed by atoms with Gasteiger partial charge in [-0.15, -0.1) is 5.10 Å². The van der Waals surface area contributed by atoms with Crippen LogP contribution in [0.25, 0.3) is 17.2 Å². The number of hydrogen-bond donors (Lipinski definition) is 0. The van der Waals surface area contributed by atoms with Gasteiger partial charge < -0.3 is 9.26 Å². The molecule has 0 saturated carbocycles. The van der Waals surface area contributed by atoms with Crippen LogP contribution in [0, 0.1) is 13.8 Å². The van der Waals surface area contributed by atoms with E-state index in [0.717, 1.165) is 22.7 Å². The minimum Gasteiger partial charge on any atom is -0.493 e. The third-order valence-electron chi connectivity index (χ3n) is 3.82. The number of benzene rings is 1. The van der Waals surface area contributed by atoms with Crippen molar-refractivity contribution in [3.63, 3.8) is 0 Å². The molecule has 8 nitrogen and oxygen atoms in total. The zero-order valence-corrected chi connectivity index (χ0v) is 16.0. The van der Waals surface area contributed by atoms with Gasteiger partial charge in [0.05, 0.1) is 17.9 Å². The third kappa shape index (κ3) is 3.63. The maximum absolute atomic E-state index is 5.63. The Bertz CT molecular complexity index is 1090. The van der Waals surface area contributed by atoms with Gasteiger partial charge in [-0.1, -0.05) is 29.1 Å².